The van der Waals surface area contributed by atoms with Crippen molar-refractivity contribution in [1.29, 1.82) is 0 Å². The van der Waals surface area contributed by atoms with Crippen LogP contribution in [-0.2, 0) is 0 Å². The van der Waals surface area contributed by atoms with E-state index in [1.807, 2.05) is 0 Å². The van der Waals surface area contributed by atoms with E-state index in [1.54, 1.807) is 0 Å². The molecule has 0 aromatic carbocycles. The Balaban J connectivity index is 0. The third-order valence-corrected chi connectivity index (χ3v) is 4.12. The van der Waals surface area contributed by atoms with Crippen molar-refractivity contribution in [1.82, 2.24) is 0 Å². The largest absolute Gasteiger partial charge is 0.153 e. The van der Waals surface area contributed by atoms with Crippen LogP contribution < -0.4 is 0 Å². The van der Waals surface area contributed by atoms with E-state index in [9.17, 15) is 0 Å². The summed E-state index contributed by atoms with van der Waals surface area (Å²) in [6.07, 6.45) is 12.2. The molecule has 15 heavy (non-hydrogen) atoms. The summed E-state index contributed by atoms with van der Waals surface area (Å²) in [6, 6.07) is 0. The van der Waals surface area contributed by atoms with Gasteiger partial charge in [-0.15, -0.1) is 0 Å². The van der Waals surface area contributed by atoms with Crippen molar-refractivity contribution in [3.8, 4) is 0 Å². The van der Waals surface area contributed by atoms with E-state index in [1.165, 1.54) is 57.8 Å². The van der Waals surface area contributed by atoms with Crippen LogP contribution in [0.25, 0.3) is 0 Å². The van der Waals surface area contributed by atoms with Gasteiger partial charge in [0, 0.05) is 4.32 Å². The van der Waals surface area contributed by atoms with E-state index in [-0.39, 0.29) is 9.90 Å². The van der Waals surface area contributed by atoms with Gasteiger partial charge in [-0.3, -0.25) is 0 Å². The summed E-state index contributed by atoms with van der Waals surface area (Å²) >= 11 is 3.99. The zero-order valence-electron chi connectivity index (χ0n) is 10.9. The summed E-state index contributed by atoms with van der Waals surface area (Å²) in [5.41, 5.74) is 0. The predicted molar refractivity (Wildman–Crippen MR) is 81.3 cm³/mol. The fourth-order valence-corrected chi connectivity index (χ4v) is 2.70. The Hall–Kier alpha value is 0.910. The predicted octanol–water partition coefficient (Wildman–Crippen LogP) is 5.75. The van der Waals surface area contributed by atoms with Crippen molar-refractivity contribution in [3.63, 3.8) is 0 Å². The molecule has 1 unspecified atom stereocenters. The zero-order chi connectivity index (χ0) is 10.9. The van der Waals surface area contributed by atoms with Gasteiger partial charge in [0.05, 0.1) is 0 Å². The van der Waals surface area contributed by atoms with Gasteiger partial charge in [-0.25, -0.2) is 0 Å². The summed E-state index contributed by atoms with van der Waals surface area (Å²) in [4.78, 5) is 0. The fourth-order valence-electron chi connectivity index (χ4n) is 1.86. The third-order valence-electron chi connectivity index (χ3n) is 2.94. The Kier molecular flexibility index (Phi) is 13.9. The smallest absolute Gasteiger partial charge is 0.0258 e. The molecule has 0 spiro atoms. The molecule has 0 aliphatic carbocycles. The van der Waals surface area contributed by atoms with E-state index in [2.05, 4.69) is 36.7 Å². The maximum Gasteiger partial charge on any atom is 0.0258 e. The lowest BCUT2D eigenvalue weighted by atomic mass is 9.91. The molecular weight excluding hydrogens is 267 g/mol. The van der Waals surface area contributed by atoms with Crippen molar-refractivity contribution in [2.45, 2.75) is 82.9 Å². The minimum absolute atomic E-state index is 0. The molecule has 0 amide bonds. The van der Waals surface area contributed by atoms with Gasteiger partial charge in [0.1, 0.15) is 0 Å². The van der Waals surface area contributed by atoms with Crippen LogP contribution in [0.2, 0.25) is 0 Å². The molecule has 0 saturated heterocycles. The lowest BCUT2D eigenvalue weighted by molar-refractivity contribution is 0.434. The van der Waals surface area contributed by atoms with Crippen molar-refractivity contribution in [2.75, 3.05) is 0 Å². The van der Waals surface area contributed by atoms with Crippen molar-refractivity contribution in [3.05, 3.63) is 0 Å². The van der Waals surface area contributed by atoms with Gasteiger partial charge >= 0.3 is 0 Å². The maximum atomic E-state index is 3.99. The Bertz CT molecular complexity index is 104. The molecule has 2 heteroatoms. The highest BCUT2D eigenvalue weighted by molar-refractivity contribution is 9.10. The highest BCUT2D eigenvalue weighted by Gasteiger charge is 2.24. The summed E-state index contributed by atoms with van der Waals surface area (Å²) in [5, 5.41) is 0. The molecule has 0 bridgehead atoms. The minimum atomic E-state index is 0. The average molecular weight is 297 g/mol. The number of rotatable bonds is 9. The molecule has 0 N–H and O–H groups in total. The van der Waals surface area contributed by atoms with E-state index >= 15 is 0 Å². The molecular formula is C13H30BrP. The molecule has 0 rings (SSSR count). The summed E-state index contributed by atoms with van der Waals surface area (Å²) in [7, 11) is 0. The number of halogens is 1. The average Bonchev–Trinajstić information content (AvgIpc) is 2.21. The Morgan fingerprint density at radius 3 is 1.20 bits per heavy atom. The van der Waals surface area contributed by atoms with Gasteiger partial charge in [-0.1, -0.05) is 75.2 Å². The van der Waals surface area contributed by atoms with Crippen LogP contribution in [0, 0.1) is 0 Å². The van der Waals surface area contributed by atoms with E-state index < -0.39 is 0 Å². The first kappa shape index (κ1) is 18.3. The quantitative estimate of drug-likeness (QED) is 0.375. The second-order valence-corrected chi connectivity index (χ2v) is 6.14. The number of hydrogen-bond acceptors (Lipinski definition) is 0. The summed E-state index contributed by atoms with van der Waals surface area (Å²) in [6.45, 7) is 6.85. The Labute approximate surface area is 109 Å². The fraction of sp³-hybridized carbons (Fsp3) is 1.00. The number of hydrogen-bond donors (Lipinski definition) is 0. The van der Waals surface area contributed by atoms with E-state index in [4.69, 9.17) is 0 Å². The third kappa shape index (κ3) is 9.82. The number of alkyl halides is 1. The molecule has 0 saturated carbocycles. The molecule has 1 atom stereocenters. The van der Waals surface area contributed by atoms with Gasteiger partial charge in [-0.2, -0.15) is 9.90 Å². The summed E-state index contributed by atoms with van der Waals surface area (Å²) < 4.78 is 0.467. The lowest BCUT2D eigenvalue weighted by Crippen LogP contribution is -2.20. The minimum Gasteiger partial charge on any atom is -0.153 e. The zero-order valence-corrected chi connectivity index (χ0v) is 13.9. The first-order chi connectivity index (χ1) is 6.68. The molecule has 0 aliphatic heterocycles. The van der Waals surface area contributed by atoms with Crippen LogP contribution in [0.15, 0.2) is 0 Å². The molecule has 94 valence electrons. The molecule has 0 heterocycles. The van der Waals surface area contributed by atoms with Crippen LogP contribution >= 0.6 is 25.8 Å². The monoisotopic (exact) mass is 296 g/mol. The molecule has 0 fully saturated rings. The SMILES string of the molecule is CCCCC(Br)(CCCC)CCCC.P. The number of unbranched alkanes of at least 4 members (excludes halogenated alkanes) is 3. The van der Waals surface area contributed by atoms with Crippen molar-refractivity contribution in [2.24, 2.45) is 0 Å². The highest BCUT2D eigenvalue weighted by Crippen LogP contribution is 2.35. The van der Waals surface area contributed by atoms with Gasteiger partial charge in [0.15, 0.2) is 0 Å². The van der Waals surface area contributed by atoms with Crippen LogP contribution in [0.3, 0.4) is 0 Å². The lowest BCUT2D eigenvalue weighted by Gasteiger charge is -2.27. The second kappa shape index (κ2) is 11.4. The van der Waals surface area contributed by atoms with Crippen molar-refractivity contribution >= 4 is 25.8 Å². The highest BCUT2D eigenvalue weighted by atomic mass is 79.9. The van der Waals surface area contributed by atoms with Crippen LogP contribution in [0.4, 0.5) is 0 Å². The molecule has 0 aromatic rings. The van der Waals surface area contributed by atoms with E-state index in [0.717, 1.165) is 0 Å². The molecule has 0 nitrogen and oxygen atoms in total. The van der Waals surface area contributed by atoms with Gasteiger partial charge in [0.25, 0.3) is 0 Å². The van der Waals surface area contributed by atoms with Gasteiger partial charge in [-0.05, 0) is 19.3 Å². The molecule has 0 radical (unpaired) electrons. The van der Waals surface area contributed by atoms with Gasteiger partial charge in [0.2, 0.25) is 0 Å². The first-order valence-corrected chi connectivity index (χ1v) is 7.16. The van der Waals surface area contributed by atoms with Crippen molar-refractivity contribution < 1.29 is 0 Å². The topological polar surface area (TPSA) is 0 Å². The second-order valence-electron chi connectivity index (χ2n) is 4.46. The van der Waals surface area contributed by atoms with E-state index in [0.29, 0.717) is 4.32 Å². The Morgan fingerprint density at radius 1 is 0.733 bits per heavy atom. The summed E-state index contributed by atoms with van der Waals surface area (Å²) in [5.74, 6) is 0. The maximum absolute atomic E-state index is 3.99. The van der Waals surface area contributed by atoms with Crippen LogP contribution in [-0.4, -0.2) is 4.32 Å². The van der Waals surface area contributed by atoms with Gasteiger partial charge < -0.3 is 0 Å². The Morgan fingerprint density at radius 2 is 1.00 bits per heavy atom. The first-order valence-electron chi connectivity index (χ1n) is 6.37. The standard InChI is InChI=1S/C13H27Br.H3P/c1-4-7-10-13(14,11-8-5-2)12-9-6-3;/h4-12H2,1-3H3;1H3. The molecule has 0 aromatic heterocycles. The normalized spacial score (nSPS) is 11.2. The molecule has 0 aliphatic rings. The van der Waals surface area contributed by atoms with Crippen LogP contribution in [0.5, 0.6) is 0 Å². The van der Waals surface area contributed by atoms with Crippen LogP contribution in [0.1, 0.15) is 78.6 Å².